The van der Waals surface area contributed by atoms with Crippen LogP contribution in [0.5, 0.6) is 0 Å². The van der Waals surface area contributed by atoms with Crippen LogP contribution >= 0.6 is 0 Å². The van der Waals surface area contributed by atoms with E-state index in [4.69, 9.17) is 4.74 Å². The smallest absolute Gasteiger partial charge is 0.255 e. The molecule has 6 heteroatoms. The maximum Gasteiger partial charge on any atom is 0.255 e. The highest BCUT2D eigenvalue weighted by Crippen LogP contribution is 2.30. The van der Waals surface area contributed by atoms with Gasteiger partial charge >= 0.3 is 0 Å². The highest BCUT2D eigenvalue weighted by molar-refractivity contribution is 6.08. The van der Waals surface area contributed by atoms with E-state index in [9.17, 15) is 9.59 Å². The second-order valence-electron chi connectivity index (χ2n) is 9.49. The number of hydrogen-bond acceptors (Lipinski definition) is 4. The van der Waals surface area contributed by atoms with E-state index < -0.39 is 0 Å². The normalized spacial score (nSPS) is 12.7. The largest absolute Gasteiger partial charge is 0.382 e. The Morgan fingerprint density at radius 3 is 2.50 bits per heavy atom. The van der Waals surface area contributed by atoms with E-state index in [1.165, 1.54) is 11.1 Å². The molecule has 0 fully saturated rings. The first kappa shape index (κ1) is 25.5. The van der Waals surface area contributed by atoms with Gasteiger partial charge in [-0.05, 0) is 72.0 Å². The molecule has 38 heavy (non-hydrogen) atoms. The molecular formula is C32H33N3O3. The molecule has 0 unspecified atom stereocenters. The second-order valence-corrected chi connectivity index (χ2v) is 9.49. The SMILES string of the molecule is CCOCCCNC(=O)c1cc(NC(=O)c2ccc3ccccc3c2)ccc1N1CCc2ccccc2C1. The first-order chi connectivity index (χ1) is 18.6. The molecule has 0 spiro atoms. The van der Waals surface area contributed by atoms with E-state index in [0.717, 1.165) is 42.4 Å². The zero-order valence-electron chi connectivity index (χ0n) is 21.7. The van der Waals surface area contributed by atoms with E-state index >= 15 is 0 Å². The molecule has 194 valence electrons. The van der Waals surface area contributed by atoms with Crippen molar-refractivity contribution in [3.63, 3.8) is 0 Å². The Labute approximate surface area is 223 Å². The summed E-state index contributed by atoms with van der Waals surface area (Å²) in [6, 6.07) is 27.7. The van der Waals surface area contributed by atoms with Gasteiger partial charge in [-0.2, -0.15) is 0 Å². The standard InChI is InChI=1S/C32H33N3O3/c1-2-38-19-7-17-33-32(37)29-21-28(34-31(36)26-13-12-23-8-3-5-10-25(23)20-26)14-15-30(29)35-18-16-24-9-4-6-11-27(24)22-35/h3-6,8-15,20-21H,2,7,16-19,22H2,1H3,(H,33,37)(H,34,36). The minimum Gasteiger partial charge on any atom is -0.382 e. The number of hydrogen-bond donors (Lipinski definition) is 2. The molecule has 0 radical (unpaired) electrons. The summed E-state index contributed by atoms with van der Waals surface area (Å²) in [5.41, 5.74) is 5.20. The van der Waals surface area contributed by atoms with Crippen LogP contribution in [0.1, 0.15) is 45.2 Å². The summed E-state index contributed by atoms with van der Waals surface area (Å²) < 4.78 is 5.40. The topological polar surface area (TPSA) is 70.7 Å². The molecule has 2 N–H and O–H groups in total. The number of anilines is 2. The van der Waals surface area contributed by atoms with Gasteiger partial charge in [0.15, 0.2) is 0 Å². The van der Waals surface area contributed by atoms with Crippen molar-refractivity contribution < 1.29 is 14.3 Å². The lowest BCUT2D eigenvalue weighted by atomic mass is 9.98. The van der Waals surface area contributed by atoms with Crippen LogP contribution < -0.4 is 15.5 Å². The van der Waals surface area contributed by atoms with Crippen LogP contribution in [0.4, 0.5) is 11.4 Å². The molecule has 0 atom stereocenters. The summed E-state index contributed by atoms with van der Waals surface area (Å²) in [5, 5.41) is 8.11. The van der Waals surface area contributed by atoms with Gasteiger partial charge in [0.1, 0.15) is 0 Å². The Morgan fingerprint density at radius 1 is 0.868 bits per heavy atom. The average Bonchev–Trinajstić information content (AvgIpc) is 2.96. The molecule has 0 aromatic heterocycles. The second kappa shape index (κ2) is 11.9. The number of carbonyl (C=O) groups is 2. The van der Waals surface area contributed by atoms with E-state index in [1.807, 2.05) is 61.5 Å². The van der Waals surface area contributed by atoms with Gasteiger partial charge in [0.05, 0.1) is 5.56 Å². The van der Waals surface area contributed by atoms with Crippen LogP contribution in [0.2, 0.25) is 0 Å². The molecular weight excluding hydrogens is 474 g/mol. The number of ether oxygens (including phenoxy) is 1. The predicted octanol–water partition coefficient (Wildman–Crippen LogP) is 5.81. The average molecular weight is 508 g/mol. The summed E-state index contributed by atoms with van der Waals surface area (Å²) in [6.45, 7) is 5.31. The van der Waals surface area contributed by atoms with Gasteiger partial charge in [-0.3, -0.25) is 9.59 Å². The monoisotopic (exact) mass is 507 g/mol. The molecule has 2 amide bonds. The van der Waals surface area contributed by atoms with Crippen LogP contribution in [-0.4, -0.2) is 38.1 Å². The lowest BCUT2D eigenvalue weighted by Crippen LogP contribution is -2.33. The van der Waals surface area contributed by atoms with Gasteiger partial charge in [0, 0.05) is 49.8 Å². The summed E-state index contributed by atoms with van der Waals surface area (Å²) in [5.74, 6) is -0.365. The van der Waals surface area contributed by atoms with E-state index in [-0.39, 0.29) is 11.8 Å². The van der Waals surface area contributed by atoms with Crippen molar-refractivity contribution in [3.8, 4) is 0 Å². The molecule has 0 bridgehead atoms. The van der Waals surface area contributed by atoms with Crippen LogP contribution in [0.25, 0.3) is 10.8 Å². The first-order valence-electron chi connectivity index (χ1n) is 13.2. The summed E-state index contributed by atoms with van der Waals surface area (Å²) >= 11 is 0. The van der Waals surface area contributed by atoms with E-state index in [2.05, 4.69) is 39.8 Å². The summed E-state index contributed by atoms with van der Waals surface area (Å²) in [4.78, 5) is 28.7. The maximum absolute atomic E-state index is 13.3. The Bertz CT molecular complexity index is 1450. The highest BCUT2D eigenvalue weighted by Gasteiger charge is 2.22. The van der Waals surface area contributed by atoms with Crippen LogP contribution in [-0.2, 0) is 17.7 Å². The first-order valence-corrected chi connectivity index (χ1v) is 13.2. The molecule has 6 nitrogen and oxygen atoms in total. The fraction of sp³-hybridized carbons (Fsp3) is 0.250. The molecule has 1 aliphatic heterocycles. The number of benzene rings is 4. The molecule has 1 aliphatic rings. The van der Waals surface area contributed by atoms with Crippen LogP contribution in [0.15, 0.2) is 84.9 Å². The third kappa shape index (κ3) is 5.87. The maximum atomic E-state index is 13.3. The van der Waals surface area contributed by atoms with Gasteiger partial charge in [-0.1, -0.05) is 54.6 Å². The zero-order valence-corrected chi connectivity index (χ0v) is 21.7. The molecule has 4 aromatic carbocycles. The molecule has 4 aromatic rings. The number of amides is 2. The van der Waals surface area contributed by atoms with Crippen molar-refractivity contribution in [3.05, 3.63) is 107 Å². The fourth-order valence-corrected chi connectivity index (χ4v) is 4.92. The van der Waals surface area contributed by atoms with Crippen molar-refractivity contribution in [1.29, 1.82) is 0 Å². The van der Waals surface area contributed by atoms with Crippen molar-refractivity contribution in [2.75, 3.05) is 36.5 Å². The molecule has 0 aliphatic carbocycles. The number of rotatable bonds is 9. The van der Waals surface area contributed by atoms with Gasteiger partial charge in [0.2, 0.25) is 0 Å². The van der Waals surface area contributed by atoms with Gasteiger partial charge in [0.25, 0.3) is 11.8 Å². The third-order valence-electron chi connectivity index (χ3n) is 6.94. The zero-order chi connectivity index (χ0) is 26.3. The number of nitrogens with zero attached hydrogens (tertiary/aromatic N) is 1. The Kier molecular flexibility index (Phi) is 8.00. The highest BCUT2D eigenvalue weighted by atomic mass is 16.5. The van der Waals surface area contributed by atoms with Crippen LogP contribution in [0, 0.1) is 0 Å². The van der Waals surface area contributed by atoms with E-state index in [1.54, 1.807) is 6.07 Å². The number of fused-ring (bicyclic) bond motifs is 2. The van der Waals surface area contributed by atoms with Crippen molar-refractivity contribution >= 4 is 34.0 Å². The number of nitrogens with one attached hydrogen (secondary N) is 2. The van der Waals surface area contributed by atoms with Gasteiger partial charge in [-0.15, -0.1) is 0 Å². The lowest BCUT2D eigenvalue weighted by Gasteiger charge is -2.32. The van der Waals surface area contributed by atoms with Crippen molar-refractivity contribution in [2.24, 2.45) is 0 Å². The Morgan fingerprint density at radius 2 is 1.66 bits per heavy atom. The fourth-order valence-electron chi connectivity index (χ4n) is 4.92. The summed E-state index contributed by atoms with van der Waals surface area (Å²) in [7, 11) is 0. The van der Waals surface area contributed by atoms with Gasteiger partial charge < -0.3 is 20.3 Å². The Hall–Kier alpha value is -4.16. The molecule has 1 heterocycles. The van der Waals surface area contributed by atoms with Crippen LogP contribution in [0.3, 0.4) is 0 Å². The quantitative estimate of drug-likeness (QED) is 0.281. The van der Waals surface area contributed by atoms with Crippen molar-refractivity contribution in [2.45, 2.75) is 26.3 Å². The van der Waals surface area contributed by atoms with E-state index in [0.29, 0.717) is 36.6 Å². The number of carbonyl (C=O) groups excluding carboxylic acids is 2. The lowest BCUT2D eigenvalue weighted by molar-refractivity contribution is 0.0943. The third-order valence-corrected chi connectivity index (χ3v) is 6.94. The molecule has 0 saturated carbocycles. The molecule has 0 saturated heterocycles. The minimum atomic E-state index is -0.210. The minimum absolute atomic E-state index is 0.155. The Balaban J connectivity index is 1.38. The molecule has 5 rings (SSSR count). The van der Waals surface area contributed by atoms with Gasteiger partial charge in [-0.25, -0.2) is 0 Å². The predicted molar refractivity (Wildman–Crippen MR) is 153 cm³/mol. The van der Waals surface area contributed by atoms with Crippen molar-refractivity contribution in [1.82, 2.24) is 5.32 Å². The summed E-state index contributed by atoms with van der Waals surface area (Å²) in [6.07, 6.45) is 1.66.